The summed E-state index contributed by atoms with van der Waals surface area (Å²) < 4.78 is 24.5. The number of methoxy groups -OCH3 is 2. The number of tetrazole rings is 1. The van der Waals surface area contributed by atoms with Crippen molar-refractivity contribution in [2.75, 3.05) is 27.4 Å². The number of H-pyrrole nitrogens is 1. The van der Waals surface area contributed by atoms with Crippen molar-refractivity contribution in [3.8, 4) is 11.5 Å². The molecule has 5 rings (SSSR count). The molecule has 0 spiro atoms. The Morgan fingerprint density at radius 3 is 2.66 bits per heavy atom. The van der Waals surface area contributed by atoms with E-state index in [0.29, 0.717) is 41.5 Å². The third-order valence-corrected chi connectivity index (χ3v) is 6.81. The minimum absolute atomic E-state index is 0.0234. The first-order valence-corrected chi connectivity index (χ1v) is 12.7. The number of pyridine rings is 1. The third kappa shape index (κ3) is 5.16. The fraction of sp³-hybridized carbons (Fsp3) is 0.481. The molecule has 2 atom stereocenters. The predicted octanol–water partition coefficient (Wildman–Crippen LogP) is 3.65. The Morgan fingerprint density at radius 2 is 2.00 bits per heavy atom. The molecule has 1 aromatic carbocycles. The van der Waals surface area contributed by atoms with Crippen molar-refractivity contribution in [3.05, 3.63) is 64.1 Å². The summed E-state index contributed by atoms with van der Waals surface area (Å²) >= 11 is 0. The first kappa shape index (κ1) is 25.9. The van der Waals surface area contributed by atoms with Crippen LogP contribution in [0.15, 0.2) is 45.8 Å². The quantitative estimate of drug-likeness (QED) is 0.351. The SMILES string of the molecule is COc1cc2cc(C(c3nnnn3C(C)(C)C)N(Cc3ccco3)CC3CCCO3)c(=O)[nH]c2cc1OC. The largest absolute Gasteiger partial charge is 0.493 e. The highest BCUT2D eigenvalue weighted by molar-refractivity contribution is 5.83. The Kier molecular flexibility index (Phi) is 7.22. The van der Waals surface area contributed by atoms with E-state index in [1.165, 1.54) is 0 Å². The van der Waals surface area contributed by atoms with Gasteiger partial charge in [0.25, 0.3) is 5.56 Å². The average Bonchev–Trinajstić information content (AvgIpc) is 3.67. The Morgan fingerprint density at radius 1 is 1.21 bits per heavy atom. The first-order chi connectivity index (χ1) is 18.3. The fourth-order valence-electron chi connectivity index (χ4n) is 5.01. The summed E-state index contributed by atoms with van der Waals surface area (Å²) in [5.74, 6) is 2.44. The van der Waals surface area contributed by atoms with Crippen LogP contribution >= 0.6 is 0 Å². The van der Waals surface area contributed by atoms with Crippen LogP contribution in [0.1, 0.15) is 56.8 Å². The number of rotatable bonds is 9. The molecule has 38 heavy (non-hydrogen) atoms. The van der Waals surface area contributed by atoms with Gasteiger partial charge < -0.3 is 23.6 Å². The molecular weight excluding hydrogens is 488 g/mol. The highest BCUT2D eigenvalue weighted by atomic mass is 16.5. The van der Waals surface area contributed by atoms with Crippen LogP contribution in [0.5, 0.6) is 11.5 Å². The van der Waals surface area contributed by atoms with Crippen molar-refractivity contribution in [2.24, 2.45) is 0 Å². The van der Waals surface area contributed by atoms with Gasteiger partial charge in [-0.1, -0.05) is 0 Å². The van der Waals surface area contributed by atoms with E-state index in [0.717, 1.165) is 30.6 Å². The second kappa shape index (κ2) is 10.6. The van der Waals surface area contributed by atoms with Crippen LogP contribution in [0.25, 0.3) is 10.9 Å². The molecule has 0 amide bonds. The fourth-order valence-corrected chi connectivity index (χ4v) is 5.01. The van der Waals surface area contributed by atoms with Gasteiger partial charge in [0, 0.05) is 30.2 Å². The molecule has 1 fully saturated rings. The van der Waals surface area contributed by atoms with E-state index in [1.54, 1.807) is 31.2 Å². The van der Waals surface area contributed by atoms with E-state index in [1.807, 2.05) is 45.0 Å². The van der Waals surface area contributed by atoms with Gasteiger partial charge in [-0.15, -0.1) is 5.10 Å². The highest BCUT2D eigenvalue weighted by Gasteiger charge is 2.35. The molecule has 4 aromatic rings. The lowest BCUT2D eigenvalue weighted by atomic mass is 10.0. The number of hydrogen-bond donors (Lipinski definition) is 1. The zero-order valence-corrected chi connectivity index (χ0v) is 22.4. The van der Waals surface area contributed by atoms with Gasteiger partial charge in [0.2, 0.25) is 0 Å². The van der Waals surface area contributed by atoms with Crippen LogP contribution in [0.2, 0.25) is 0 Å². The molecule has 1 aliphatic rings. The Balaban J connectivity index is 1.70. The molecule has 11 nitrogen and oxygen atoms in total. The lowest BCUT2D eigenvalue weighted by molar-refractivity contribution is 0.0536. The van der Waals surface area contributed by atoms with Crippen molar-refractivity contribution in [3.63, 3.8) is 0 Å². The zero-order chi connectivity index (χ0) is 26.9. The second-order valence-electron chi connectivity index (χ2n) is 10.5. The molecule has 0 radical (unpaired) electrons. The molecule has 0 bridgehead atoms. The van der Waals surface area contributed by atoms with Crippen molar-refractivity contribution in [1.29, 1.82) is 0 Å². The summed E-state index contributed by atoms with van der Waals surface area (Å²) in [7, 11) is 3.15. The van der Waals surface area contributed by atoms with Crippen LogP contribution in [0.3, 0.4) is 0 Å². The van der Waals surface area contributed by atoms with Crippen LogP contribution in [-0.2, 0) is 16.8 Å². The monoisotopic (exact) mass is 522 g/mol. The summed E-state index contributed by atoms with van der Waals surface area (Å²) in [5.41, 5.74) is 0.490. The number of hydrogen-bond acceptors (Lipinski definition) is 9. The molecule has 202 valence electrons. The van der Waals surface area contributed by atoms with E-state index in [2.05, 4.69) is 25.4 Å². The van der Waals surface area contributed by atoms with Crippen molar-refractivity contribution in [1.82, 2.24) is 30.1 Å². The maximum absolute atomic E-state index is 13.7. The summed E-state index contributed by atoms with van der Waals surface area (Å²) in [4.78, 5) is 19.0. The molecule has 2 unspecified atom stereocenters. The molecule has 0 aliphatic carbocycles. The Labute approximate surface area is 220 Å². The number of ether oxygens (including phenoxy) is 3. The topological polar surface area (TPSA) is 121 Å². The Bertz CT molecular complexity index is 1430. The highest BCUT2D eigenvalue weighted by Crippen LogP contribution is 2.35. The number of aromatic amines is 1. The van der Waals surface area contributed by atoms with Crippen molar-refractivity contribution < 1.29 is 18.6 Å². The van der Waals surface area contributed by atoms with E-state index in [9.17, 15) is 4.79 Å². The van der Waals surface area contributed by atoms with Crippen molar-refractivity contribution >= 4 is 10.9 Å². The number of fused-ring (bicyclic) bond motifs is 1. The molecule has 1 N–H and O–H groups in total. The van der Waals surface area contributed by atoms with Crippen LogP contribution in [0.4, 0.5) is 0 Å². The molecule has 0 saturated carbocycles. The maximum atomic E-state index is 13.7. The van der Waals surface area contributed by atoms with Crippen LogP contribution in [-0.4, -0.2) is 63.6 Å². The lowest BCUT2D eigenvalue weighted by Crippen LogP contribution is -2.40. The lowest BCUT2D eigenvalue weighted by Gasteiger charge is -2.33. The minimum Gasteiger partial charge on any atom is -0.493 e. The molecular formula is C27H34N6O5. The molecule has 1 saturated heterocycles. The van der Waals surface area contributed by atoms with E-state index in [-0.39, 0.29) is 11.7 Å². The van der Waals surface area contributed by atoms with E-state index in [4.69, 9.17) is 18.6 Å². The van der Waals surface area contributed by atoms with Crippen LogP contribution < -0.4 is 15.0 Å². The zero-order valence-electron chi connectivity index (χ0n) is 22.4. The Hall–Kier alpha value is -3.70. The van der Waals surface area contributed by atoms with Gasteiger partial charge in [-0.3, -0.25) is 9.69 Å². The van der Waals surface area contributed by atoms with E-state index >= 15 is 0 Å². The summed E-state index contributed by atoms with van der Waals surface area (Å²) in [5, 5.41) is 13.6. The molecule has 3 aromatic heterocycles. The van der Waals surface area contributed by atoms with Gasteiger partial charge in [0.15, 0.2) is 17.3 Å². The molecule has 4 heterocycles. The van der Waals surface area contributed by atoms with Gasteiger partial charge in [-0.05, 0) is 68.3 Å². The maximum Gasteiger partial charge on any atom is 0.253 e. The second-order valence-corrected chi connectivity index (χ2v) is 10.5. The van der Waals surface area contributed by atoms with Gasteiger partial charge >= 0.3 is 0 Å². The van der Waals surface area contributed by atoms with Crippen LogP contribution in [0, 0.1) is 0 Å². The summed E-state index contributed by atoms with van der Waals surface area (Å²) in [6.07, 6.45) is 3.62. The van der Waals surface area contributed by atoms with Gasteiger partial charge in [0.05, 0.1) is 44.2 Å². The smallest absolute Gasteiger partial charge is 0.253 e. The summed E-state index contributed by atoms with van der Waals surface area (Å²) in [6, 6.07) is 8.70. The number of aromatic nitrogens is 5. The van der Waals surface area contributed by atoms with Crippen molar-refractivity contribution in [2.45, 2.75) is 57.8 Å². The third-order valence-electron chi connectivity index (χ3n) is 6.81. The predicted molar refractivity (Wildman–Crippen MR) is 140 cm³/mol. The van der Waals surface area contributed by atoms with Gasteiger partial charge in [-0.2, -0.15) is 0 Å². The van der Waals surface area contributed by atoms with Gasteiger partial charge in [0.1, 0.15) is 11.8 Å². The number of furan rings is 1. The summed E-state index contributed by atoms with van der Waals surface area (Å²) in [6.45, 7) is 7.83. The number of nitrogens with zero attached hydrogens (tertiary/aromatic N) is 5. The average molecular weight is 523 g/mol. The van der Waals surface area contributed by atoms with E-state index < -0.39 is 11.6 Å². The normalized spacial score (nSPS) is 16.8. The molecule has 11 heteroatoms. The molecule has 1 aliphatic heterocycles. The first-order valence-electron chi connectivity index (χ1n) is 12.7. The number of benzene rings is 1. The van der Waals surface area contributed by atoms with Gasteiger partial charge in [-0.25, -0.2) is 4.68 Å². The number of nitrogens with one attached hydrogen (secondary N) is 1. The standard InChI is InChI=1S/C27H34N6O5/c1-27(2,3)33-25(29-30-31-33)24(32(15-18-8-6-10-37-18)16-19-9-7-11-38-19)20-12-17-13-22(35-4)23(36-5)14-21(17)28-26(20)34/h6,8,10,12-14,19,24H,7,9,11,15-16H2,1-5H3,(H,28,34). The minimum atomic E-state index is -0.584.